The number of nitrogens with zero attached hydrogens (tertiary/aromatic N) is 3. The van der Waals surface area contributed by atoms with Crippen LogP contribution in [0, 0.1) is 6.92 Å². The molecule has 0 bridgehead atoms. The highest BCUT2D eigenvalue weighted by Gasteiger charge is 2.16. The zero-order valence-electron chi connectivity index (χ0n) is 18.5. The highest BCUT2D eigenvalue weighted by Crippen LogP contribution is 2.36. The minimum Gasteiger partial charge on any atom is -0.506 e. The fraction of sp³-hybridized carbons (Fsp3) is 0.0345. The maximum absolute atomic E-state index is 10.6. The van der Waals surface area contributed by atoms with Gasteiger partial charge in [0.15, 0.2) is 0 Å². The summed E-state index contributed by atoms with van der Waals surface area (Å²) < 4.78 is 2.04. The Morgan fingerprint density at radius 1 is 0.794 bits per heavy atom. The summed E-state index contributed by atoms with van der Waals surface area (Å²) in [5.41, 5.74) is 5.66. The van der Waals surface area contributed by atoms with Crippen LogP contribution < -0.4 is 0 Å². The average molecular weight is 460 g/mol. The lowest BCUT2D eigenvalue weighted by atomic mass is 10.1. The molecule has 6 rings (SSSR count). The van der Waals surface area contributed by atoms with Crippen LogP contribution in [-0.2, 0) is 0 Å². The first kappa shape index (κ1) is 20.5. The van der Waals surface area contributed by atoms with E-state index in [2.05, 4.69) is 66.5 Å². The average Bonchev–Trinajstić information content (AvgIpc) is 3.18. The Kier molecular flexibility index (Phi) is 5.04. The molecule has 3 aromatic carbocycles. The lowest BCUT2D eigenvalue weighted by Crippen LogP contribution is -1.96. The highest BCUT2D eigenvalue weighted by atomic mass is 32.2. The van der Waals surface area contributed by atoms with Crippen LogP contribution in [0.25, 0.3) is 38.9 Å². The Bertz CT molecular complexity index is 1670. The van der Waals surface area contributed by atoms with Crippen LogP contribution >= 0.6 is 11.8 Å². The second kappa shape index (κ2) is 8.36. The Balaban J connectivity index is 1.50. The molecule has 0 saturated carbocycles. The van der Waals surface area contributed by atoms with Crippen LogP contribution in [0.1, 0.15) is 5.56 Å². The van der Waals surface area contributed by atoms with Crippen LogP contribution in [0.4, 0.5) is 0 Å². The van der Waals surface area contributed by atoms with Gasteiger partial charge in [0.25, 0.3) is 0 Å². The summed E-state index contributed by atoms with van der Waals surface area (Å²) in [6.45, 7) is 2.07. The van der Waals surface area contributed by atoms with Gasteiger partial charge in [-0.3, -0.25) is 4.57 Å². The van der Waals surface area contributed by atoms with Gasteiger partial charge in [0.1, 0.15) is 16.4 Å². The van der Waals surface area contributed by atoms with Gasteiger partial charge in [0.2, 0.25) is 0 Å². The summed E-state index contributed by atoms with van der Waals surface area (Å²) in [4.78, 5) is 10.7. The number of phenols is 1. The van der Waals surface area contributed by atoms with Gasteiger partial charge in [-0.05, 0) is 67.1 Å². The van der Waals surface area contributed by atoms with Crippen molar-refractivity contribution in [1.82, 2.24) is 14.5 Å². The summed E-state index contributed by atoms with van der Waals surface area (Å²) >= 11 is 1.64. The summed E-state index contributed by atoms with van der Waals surface area (Å²) in [7, 11) is 0. The first-order valence-corrected chi connectivity index (χ1v) is 11.9. The number of aromatic nitrogens is 3. The van der Waals surface area contributed by atoms with Crippen LogP contribution in [-0.4, -0.2) is 19.6 Å². The highest BCUT2D eigenvalue weighted by molar-refractivity contribution is 7.99. The van der Waals surface area contributed by atoms with Gasteiger partial charge in [-0.15, -0.1) is 0 Å². The van der Waals surface area contributed by atoms with E-state index in [9.17, 15) is 5.11 Å². The topological polar surface area (TPSA) is 50.9 Å². The summed E-state index contributed by atoms with van der Waals surface area (Å²) in [6.07, 6.45) is 1.84. The number of benzene rings is 3. The number of aromatic hydroxyl groups is 1. The number of para-hydroxylation sites is 3. The molecule has 0 radical (unpaired) electrons. The molecule has 0 amide bonds. The first-order valence-electron chi connectivity index (χ1n) is 11.1. The van der Waals surface area contributed by atoms with Crippen LogP contribution in [0.2, 0.25) is 0 Å². The minimum absolute atomic E-state index is 0.224. The van der Waals surface area contributed by atoms with Gasteiger partial charge < -0.3 is 5.11 Å². The molecular formula is C29H21N3OS. The molecule has 0 atom stereocenters. The molecule has 0 aliphatic carbocycles. The largest absolute Gasteiger partial charge is 0.506 e. The van der Waals surface area contributed by atoms with Gasteiger partial charge in [-0.2, -0.15) is 0 Å². The lowest BCUT2D eigenvalue weighted by Gasteiger charge is -2.10. The second-order valence-corrected chi connectivity index (χ2v) is 9.30. The number of rotatable bonds is 4. The van der Waals surface area contributed by atoms with Crippen molar-refractivity contribution in [2.75, 3.05) is 0 Å². The fourth-order valence-electron chi connectivity index (χ4n) is 4.30. The fourth-order valence-corrected chi connectivity index (χ4v) is 5.23. The molecule has 0 fully saturated rings. The molecule has 0 aliphatic heterocycles. The van der Waals surface area contributed by atoms with E-state index < -0.39 is 0 Å². The number of fused-ring (bicyclic) bond motifs is 3. The third-order valence-electron chi connectivity index (χ3n) is 5.89. The number of pyridine rings is 2. The van der Waals surface area contributed by atoms with Crippen molar-refractivity contribution in [1.29, 1.82) is 0 Å². The van der Waals surface area contributed by atoms with Crippen molar-refractivity contribution in [2.45, 2.75) is 16.8 Å². The van der Waals surface area contributed by atoms with Crippen molar-refractivity contribution in [2.24, 2.45) is 0 Å². The van der Waals surface area contributed by atoms with Crippen molar-refractivity contribution in [3.63, 3.8) is 0 Å². The SMILES string of the molecule is Cc1ccnc(Sc2cccc(-c3ccc4c5ccccc5n(-c5ccccc5O)c4n3)c2)c1. The van der Waals surface area contributed by atoms with Crippen LogP contribution in [0.3, 0.4) is 0 Å². The van der Waals surface area contributed by atoms with Crippen LogP contribution in [0.5, 0.6) is 5.75 Å². The van der Waals surface area contributed by atoms with Crippen molar-refractivity contribution in [3.05, 3.63) is 109 Å². The van der Waals surface area contributed by atoms with E-state index in [1.54, 1.807) is 17.8 Å². The molecule has 0 saturated heterocycles. The number of hydrogen-bond acceptors (Lipinski definition) is 4. The van der Waals surface area contributed by atoms with Gasteiger partial charge >= 0.3 is 0 Å². The zero-order chi connectivity index (χ0) is 23.1. The minimum atomic E-state index is 0.224. The number of hydrogen-bond donors (Lipinski definition) is 1. The van der Waals surface area contributed by atoms with Crippen molar-refractivity contribution < 1.29 is 5.11 Å². The monoisotopic (exact) mass is 459 g/mol. The summed E-state index contributed by atoms with van der Waals surface area (Å²) in [5, 5.41) is 13.8. The quantitative estimate of drug-likeness (QED) is 0.298. The van der Waals surface area contributed by atoms with Crippen LogP contribution in [0.15, 0.2) is 113 Å². The van der Waals surface area contributed by atoms with Gasteiger partial charge in [-0.1, -0.05) is 54.2 Å². The predicted octanol–water partition coefficient (Wildman–Crippen LogP) is 7.41. The van der Waals surface area contributed by atoms with E-state index in [4.69, 9.17) is 4.98 Å². The lowest BCUT2D eigenvalue weighted by molar-refractivity contribution is 0.473. The number of phenolic OH excluding ortho intramolecular Hbond substituents is 1. The molecule has 6 aromatic rings. The zero-order valence-corrected chi connectivity index (χ0v) is 19.3. The molecule has 0 unspecified atom stereocenters. The Hall–Kier alpha value is -4.09. The summed E-state index contributed by atoms with van der Waals surface area (Å²) in [6, 6.07) is 32.3. The smallest absolute Gasteiger partial charge is 0.146 e. The van der Waals surface area contributed by atoms with E-state index >= 15 is 0 Å². The first-order chi connectivity index (χ1) is 16.7. The molecule has 34 heavy (non-hydrogen) atoms. The summed E-state index contributed by atoms with van der Waals surface area (Å²) in [5.74, 6) is 0.224. The molecule has 0 aliphatic rings. The molecule has 1 N–H and O–H groups in total. The third kappa shape index (κ3) is 3.60. The number of aryl methyl sites for hydroxylation is 1. The molecule has 5 heteroatoms. The second-order valence-electron chi connectivity index (χ2n) is 8.21. The van der Waals surface area contributed by atoms with E-state index in [0.29, 0.717) is 5.69 Å². The Morgan fingerprint density at radius 3 is 2.53 bits per heavy atom. The molecular weight excluding hydrogens is 438 g/mol. The van der Waals surface area contributed by atoms with Gasteiger partial charge in [0.05, 0.1) is 16.9 Å². The Morgan fingerprint density at radius 2 is 1.65 bits per heavy atom. The third-order valence-corrected chi connectivity index (χ3v) is 6.81. The normalized spacial score (nSPS) is 11.3. The molecule has 164 valence electrons. The predicted molar refractivity (Wildman–Crippen MR) is 139 cm³/mol. The van der Waals surface area contributed by atoms with Gasteiger partial charge in [0, 0.05) is 27.4 Å². The molecule has 4 nitrogen and oxygen atoms in total. The maximum Gasteiger partial charge on any atom is 0.146 e. The maximum atomic E-state index is 10.6. The van der Waals surface area contributed by atoms with E-state index in [1.807, 2.05) is 47.2 Å². The van der Waals surface area contributed by atoms with E-state index in [1.165, 1.54) is 5.56 Å². The van der Waals surface area contributed by atoms with E-state index in [-0.39, 0.29) is 5.75 Å². The Labute approximate surface area is 201 Å². The molecule has 0 spiro atoms. The van der Waals surface area contributed by atoms with Crippen molar-refractivity contribution in [3.8, 4) is 22.7 Å². The standard InChI is InChI=1S/C29H21N3OS/c1-19-15-16-30-28(17-19)34-21-8-6-7-20(18-21)24-14-13-23-22-9-2-3-10-25(22)32(29(23)31-24)26-11-4-5-12-27(26)33/h2-18,33H,1H3. The molecule has 3 aromatic heterocycles. The van der Waals surface area contributed by atoms with Crippen molar-refractivity contribution >= 4 is 33.7 Å². The van der Waals surface area contributed by atoms with Gasteiger partial charge in [-0.25, -0.2) is 9.97 Å². The molecule has 3 heterocycles. The van der Waals surface area contributed by atoms with E-state index in [0.717, 1.165) is 43.1 Å².